The summed E-state index contributed by atoms with van der Waals surface area (Å²) in [5.41, 5.74) is 2.72. The van der Waals surface area contributed by atoms with Crippen molar-refractivity contribution >= 4 is 50.5 Å². The van der Waals surface area contributed by atoms with Gasteiger partial charge in [-0.1, -0.05) is 29.5 Å². The van der Waals surface area contributed by atoms with Gasteiger partial charge in [0.05, 0.1) is 11.6 Å². The van der Waals surface area contributed by atoms with Crippen LogP contribution in [0.2, 0.25) is 0 Å². The lowest BCUT2D eigenvalue weighted by molar-refractivity contribution is -0.117. The van der Waals surface area contributed by atoms with Crippen molar-refractivity contribution in [2.24, 2.45) is 0 Å². The third-order valence-electron chi connectivity index (χ3n) is 4.52. The Morgan fingerprint density at radius 2 is 2.11 bits per heavy atom. The van der Waals surface area contributed by atoms with E-state index in [1.165, 1.54) is 21.7 Å². The van der Waals surface area contributed by atoms with E-state index in [2.05, 4.69) is 10.2 Å². The smallest absolute Gasteiger partial charge is 0.296 e. The molecule has 0 saturated carbocycles. The molecule has 0 saturated heterocycles. The lowest BCUT2D eigenvalue weighted by atomic mass is 9.97. The molecule has 4 heterocycles. The minimum atomic E-state index is -0.799. The number of aliphatic hydroxyl groups excluding tert-OH is 1. The second-order valence-corrected chi connectivity index (χ2v) is 7.69. The van der Waals surface area contributed by atoms with Gasteiger partial charge in [-0.05, 0) is 34.5 Å². The van der Waals surface area contributed by atoms with Gasteiger partial charge in [-0.3, -0.25) is 14.5 Å². The van der Waals surface area contributed by atoms with Crippen LogP contribution >= 0.6 is 22.7 Å². The topological polar surface area (TPSA) is 96.5 Å². The summed E-state index contributed by atoms with van der Waals surface area (Å²) >= 11 is 2.59. The molecule has 1 N–H and O–H groups in total. The van der Waals surface area contributed by atoms with Crippen LogP contribution in [0.25, 0.3) is 11.0 Å². The highest BCUT2D eigenvalue weighted by Crippen LogP contribution is 2.43. The average molecular weight is 409 g/mol. The number of hydrogen-bond acceptors (Lipinski definition) is 8. The largest absolute Gasteiger partial charge is 0.503 e. The van der Waals surface area contributed by atoms with Crippen LogP contribution in [0.1, 0.15) is 22.2 Å². The predicted octanol–water partition coefficient (Wildman–Crippen LogP) is 4.13. The maximum atomic E-state index is 13.3. The normalized spacial score (nSPS) is 17.1. The summed E-state index contributed by atoms with van der Waals surface area (Å²) in [6.45, 7) is 0. The Balaban J connectivity index is 1.65. The van der Waals surface area contributed by atoms with Gasteiger partial charge in [-0.2, -0.15) is 11.3 Å². The maximum Gasteiger partial charge on any atom is 0.296 e. The van der Waals surface area contributed by atoms with Gasteiger partial charge in [-0.15, -0.1) is 10.2 Å². The summed E-state index contributed by atoms with van der Waals surface area (Å²) in [7, 11) is 0. The van der Waals surface area contributed by atoms with Crippen molar-refractivity contribution in [1.82, 2.24) is 10.2 Å². The highest BCUT2D eigenvalue weighted by molar-refractivity contribution is 7.13. The Labute approximate surface area is 166 Å². The molecule has 0 fully saturated rings. The van der Waals surface area contributed by atoms with Gasteiger partial charge >= 0.3 is 0 Å². The van der Waals surface area contributed by atoms with Gasteiger partial charge in [0.2, 0.25) is 10.9 Å². The number of carbonyl (C=O) groups is 2. The Morgan fingerprint density at radius 1 is 1.25 bits per heavy atom. The van der Waals surface area contributed by atoms with E-state index in [4.69, 9.17) is 4.42 Å². The molecule has 1 atom stereocenters. The summed E-state index contributed by atoms with van der Waals surface area (Å²) in [4.78, 5) is 27.4. The number of amides is 1. The third-order valence-corrected chi connectivity index (χ3v) is 5.91. The van der Waals surface area contributed by atoms with Crippen LogP contribution in [-0.4, -0.2) is 27.0 Å². The zero-order valence-electron chi connectivity index (χ0n) is 14.1. The number of Topliss-reactive ketones (excluding diaryl/α,β-unsaturated/α-hetero) is 1. The zero-order chi connectivity index (χ0) is 19.3. The van der Waals surface area contributed by atoms with E-state index < -0.39 is 23.5 Å². The monoisotopic (exact) mass is 409 g/mol. The number of thiophene rings is 1. The molecule has 0 aliphatic carbocycles. The Bertz CT molecular complexity index is 1190. The Kier molecular flexibility index (Phi) is 3.85. The number of fused-ring (bicyclic) bond motifs is 1. The fourth-order valence-corrected chi connectivity index (χ4v) is 4.54. The van der Waals surface area contributed by atoms with E-state index in [-0.39, 0.29) is 11.3 Å². The van der Waals surface area contributed by atoms with Crippen molar-refractivity contribution in [2.45, 2.75) is 6.04 Å². The van der Waals surface area contributed by atoms with Crippen molar-refractivity contribution in [3.63, 3.8) is 0 Å². The van der Waals surface area contributed by atoms with Crippen molar-refractivity contribution in [1.29, 1.82) is 0 Å². The van der Waals surface area contributed by atoms with E-state index in [0.717, 1.165) is 16.7 Å². The number of anilines is 1. The minimum Gasteiger partial charge on any atom is -0.503 e. The molecule has 1 aromatic carbocycles. The molecule has 4 aromatic rings. The molecule has 7 nitrogen and oxygen atoms in total. The summed E-state index contributed by atoms with van der Waals surface area (Å²) in [6.07, 6.45) is 0. The van der Waals surface area contributed by atoms with Crippen LogP contribution in [0, 0.1) is 0 Å². The molecule has 3 aromatic heterocycles. The molecule has 1 aliphatic heterocycles. The van der Waals surface area contributed by atoms with Crippen LogP contribution in [-0.2, 0) is 4.79 Å². The molecule has 0 radical (unpaired) electrons. The first-order chi connectivity index (χ1) is 13.6. The number of benzene rings is 1. The summed E-state index contributed by atoms with van der Waals surface area (Å²) in [6, 6.07) is 9.85. The molecule has 1 aliphatic rings. The van der Waals surface area contributed by atoms with E-state index in [1.54, 1.807) is 24.3 Å². The molecule has 1 unspecified atom stereocenters. The Morgan fingerprint density at radius 3 is 2.82 bits per heavy atom. The molecule has 5 rings (SSSR count). The first kappa shape index (κ1) is 16.8. The second kappa shape index (κ2) is 6.39. The molecule has 0 bridgehead atoms. The van der Waals surface area contributed by atoms with Gasteiger partial charge in [0.15, 0.2) is 11.5 Å². The van der Waals surface area contributed by atoms with Crippen molar-refractivity contribution in [3.05, 3.63) is 75.3 Å². The van der Waals surface area contributed by atoms with E-state index >= 15 is 0 Å². The number of aliphatic hydroxyl groups is 1. The van der Waals surface area contributed by atoms with Gasteiger partial charge in [0.1, 0.15) is 11.1 Å². The van der Waals surface area contributed by atoms with Crippen molar-refractivity contribution in [3.8, 4) is 0 Å². The van der Waals surface area contributed by atoms with Gasteiger partial charge in [0, 0.05) is 5.39 Å². The van der Waals surface area contributed by atoms with Crippen molar-refractivity contribution in [2.75, 3.05) is 4.90 Å². The molecule has 138 valence electrons. The zero-order valence-corrected chi connectivity index (χ0v) is 15.7. The van der Waals surface area contributed by atoms with E-state index in [9.17, 15) is 14.7 Å². The first-order valence-electron chi connectivity index (χ1n) is 8.23. The minimum absolute atomic E-state index is 0.0299. The van der Waals surface area contributed by atoms with Crippen LogP contribution in [0.4, 0.5) is 5.13 Å². The van der Waals surface area contributed by atoms with Crippen LogP contribution in [0.3, 0.4) is 0 Å². The predicted molar refractivity (Wildman–Crippen MR) is 105 cm³/mol. The third kappa shape index (κ3) is 2.48. The molecule has 0 spiro atoms. The fourth-order valence-electron chi connectivity index (χ4n) is 3.28. The van der Waals surface area contributed by atoms with Crippen LogP contribution < -0.4 is 4.90 Å². The van der Waals surface area contributed by atoms with Crippen LogP contribution in [0.5, 0.6) is 0 Å². The fraction of sp³-hybridized carbons (Fsp3) is 0.0526. The van der Waals surface area contributed by atoms with E-state index in [0.29, 0.717) is 16.3 Å². The first-order valence-corrected chi connectivity index (χ1v) is 10.1. The van der Waals surface area contributed by atoms with E-state index in [1.807, 2.05) is 22.9 Å². The SMILES string of the molecule is O=C(C1=C(O)C(=O)N(c2nncs2)C1c1ccsc1)c1cc2ccccc2o1. The number of ketones is 1. The number of rotatable bonds is 4. The molecule has 9 heteroatoms. The number of carbonyl (C=O) groups excluding carboxylic acids is 2. The summed E-state index contributed by atoms with van der Waals surface area (Å²) in [5, 5.41) is 23.1. The quantitative estimate of drug-likeness (QED) is 0.509. The van der Waals surface area contributed by atoms with Gasteiger partial charge < -0.3 is 9.52 Å². The number of nitrogens with zero attached hydrogens (tertiary/aromatic N) is 3. The number of hydrogen-bond donors (Lipinski definition) is 1. The summed E-state index contributed by atoms with van der Waals surface area (Å²) in [5.74, 6) is -1.76. The Hall–Kier alpha value is -3.30. The molecular weight excluding hydrogens is 398 g/mol. The van der Waals surface area contributed by atoms with Crippen molar-refractivity contribution < 1.29 is 19.1 Å². The lowest BCUT2D eigenvalue weighted by Crippen LogP contribution is -2.30. The number of furan rings is 1. The molecule has 1 amide bonds. The number of para-hydroxylation sites is 1. The lowest BCUT2D eigenvalue weighted by Gasteiger charge is -2.22. The highest BCUT2D eigenvalue weighted by atomic mass is 32.1. The average Bonchev–Trinajstić information content (AvgIpc) is 3.49. The van der Waals surface area contributed by atoms with Crippen LogP contribution in [0.15, 0.2) is 68.4 Å². The second-order valence-electron chi connectivity index (χ2n) is 6.10. The number of aromatic nitrogens is 2. The summed E-state index contributed by atoms with van der Waals surface area (Å²) < 4.78 is 5.67. The van der Waals surface area contributed by atoms with Gasteiger partial charge in [-0.25, -0.2) is 0 Å². The molecular formula is C19H11N3O4S2. The standard InChI is InChI=1S/C19H11N3O4S2/c23-16(13-7-10-3-1-2-4-12(10)26-13)14-15(11-5-6-27-8-11)22(18(25)17(14)24)19-21-20-9-28-19/h1-9,15,24H. The molecule has 28 heavy (non-hydrogen) atoms. The highest BCUT2D eigenvalue weighted by Gasteiger charge is 2.46. The van der Waals surface area contributed by atoms with Gasteiger partial charge in [0.25, 0.3) is 5.91 Å². The maximum absolute atomic E-state index is 13.3.